The van der Waals surface area contributed by atoms with E-state index in [1.165, 1.54) is 6.92 Å². The number of allylic oxidation sites excluding steroid dienone is 1. The first-order valence-electron chi connectivity index (χ1n) is 4.83. The fourth-order valence-corrected chi connectivity index (χ4v) is 1.34. The van der Waals surface area contributed by atoms with Crippen molar-refractivity contribution in [2.45, 2.75) is 39.5 Å². The second-order valence-electron chi connectivity index (χ2n) is 3.25. The van der Waals surface area contributed by atoms with Crippen LogP contribution in [0.25, 0.3) is 0 Å². The van der Waals surface area contributed by atoms with Crippen LogP contribution in [0.15, 0.2) is 11.6 Å². The van der Waals surface area contributed by atoms with Gasteiger partial charge in [-0.25, -0.2) is 9.36 Å². The van der Waals surface area contributed by atoms with E-state index in [-0.39, 0.29) is 5.57 Å². The van der Waals surface area contributed by atoms with Crippen LogP contribution >= 0.6 is 7.82 Å². The number of phosphoric acid groups is 1. The summed E-state index contributed by atoms with van der Waals surface area (Å²) in [4.78, 5) is 27.8. The van der Waals surface area contributed by atoms with E-state index in [1.54, 1.807) is 6.08 Å². The second kappa shape index (κ2) is 6.77. The van der Waals surface area contributed by atoms with Crippen LogP contribution in [-0.2, 0) is 13.9 Å². The number of hydrogen-bond donors (Lipinski definition) is 2. The first-order valence-corrected chi connectivity index (χ1v) is 6.36. The van der Waals surface area contributed by atoms with Crippen molar-refractivity contribution >= 4 is 13.8 Å². The van der Waals surface area contributed by atoms with E-state index in [2.05, 4.69) is 11.4 Å². The van der Waals surface area contributed by atoms with Crippen molar-refractivity contribution in [3.63, 3.8) is 0 Å². The molecule has 0 aliphatic heterocycles. The molecule has 0 aliphatic carbocycles. The Bertz CT molecular complexity index is 278. The lowest BCUT2D eigenvalue weighted by atomic mass is 10.1. The maximum Gasteiger partial charge on any atom is 0.527 e. The van der Waals surface area contributed by atoms with E-state index in [4.69, 9.17) is 9.79 Å². The number of rotatable bonds is 6. The van der Waals surface area contributed by atoms with Crippen molar-refractivity contribution in [3.8, 4) is 0 Å². The first kappa shape index (κ1) is 14.4. The molecule has 2 N–H and O–H groups in total. The molecule has 0 saturated heterocycles. The lowest BCUT2D eigenvalue weighted by molar-refractivity contribution is -0.131. The van der Waals surface area contributed by atoms with Gasteiger partial charge in [-0.2, -0.15) is 0 Å². The highest BCUT2D eigenvalue weighted by Gasteiger charge is 2.20. The zero-order valence-corrected chi connectivity index (χ0v) is 9.87. The molecular formula is C9H17O5P. The summed E-state index contributed by atoms with van der Waals surface area (Å²) in [7, 11) is -4.71. The van der Waals surface area contributed by atoms with E-state index in [0.29, 0.717) is 0 Å². The highest BCUT2D eigenvalue weighted by Crippen LogP contribution is 2.36. The lowest BCUT2D eigenvalue weighted by Gasteiger charge is -2.04. The van der Waals surface area contributed by atoms with E-state index >= 15 is 0 Å². The van der Waals surface area contributed by atoms with Crippen LogP contribution in [0, 0.1) is 0 Å². The third-order valence-corrected chi connectivity index (χ3v) is 2.19. The molecule has 0 saturated carbocycles. The number of hydrogen-bond acceptors (Lipinski definition) is 3. The van der Waals surface area contributed by atoms with E-state index in [9.17, 15) is 9.36 Å². The molecule has 0 fully saturated rings. The second-order valence-corrected chi connectivity index (χ2v) is 4.42. The predicted molar refractivity (Wildman–Crippen MR) is 56.0 cm³/mol. The normalized spacial score (nSPS) is 12.7. The van der Waals surface area contributed by atoms with Crippen molar-refractivity contribution in [2.75, 3.05) is 0 Å². The standard InChI is InChI=1S/C9H17O5P/c1-3-4-5-6-7-8(2)9(10)14-15(11,12)13/h7H,3-6H2,1-2H3,(H2,11,12,13). The van der Waals surface area contributed by atoms with Gasteiger partial charge in [-0.1, -0.05) is 25.8 Å². The van der Waals surface area contributed by atoms with Gasteiger partial charge in [0.15, 0.2) is 0 Å². The third-order valence-electron chi connectivity index (χ3n) is 1.78. The highest BCUT2D eigenvalue weighted by molar-refractivity contribution is 7.46. The third kappa shape index (κ3) is 8.36. The zero-order chi connectivity index (χ0) is 11.9. The Morgan fingerprint density at radius 2 is 2.00 bits per heavy atom. The Morgan fingerprint density at radius 3 is 2.47 bits per heavy atom. The quantitative estimate of drug-likeness (QED) is 0.419. The van der Waals surface area contributed by atoms with Crippen LogP contribution in [0.5, 0.6) is 0 Å². The van der Waals surface area contributed by atoms with Crippen LogP contribution in [0.3, 0.4) is 0 Å². The summed E-state index contributed by atoms with van der Waals surface area (Å²) in [6.07, 6.45) is 5.46. The van der Waals surface area contributed by atoms with Gasteiger partial charge in [0.2, 0.25) is 0 Å². The minimum Gasteiger partial charge on any atom is -0.367 e. The fourth-order valence-electron chi connectivity index (χ4n) is 0.976. The van der Waals surface area contributed by atoms with Crippen molar-refractivity contribution < 1.29 is 23.7 Å². The van der Waals surface area contributed by atoms with Crippen molar-refractivity contribution in [1.29, 1.82) is 0 Å². The van der Waals surface area contributed by atoms with Crippen LogP contribution in [0.4, 0.5) is 0 Å². The fraction of sp³-hybridized carbons (Fsp3) is 0.667. The van der Waals surface area contributed by atoms with Crippen LogP contribution < -0.4 is 0 Å². The minimum atomic E-state index is -4.71. The van der Waals surface area contributed by atoms with Crippen molar-refractivity contribution in [3.05, 3.63) is 11.6 Å². The van der Waals surface area contributed by atoms with Crippen LogP contribution in [0.2, 0.25) is 0 Å². The summed E-state index contributed by atoms with van der Waals surface area (Å²) in [5.74, 6) is -0.958. The molecule has 0 aromatic carbocycles. The van der Waals surface area contributed by atoms with E-state index in [1.807, 2.05) is 0 Å². The summed E-state index contributed by atoms with van der Waals surface area (Å²) >= 11 is 0. The maximum absolute atomic E-state index is 11.0. The molecule has 0 heterocycles. The topological polar surface area (TPSA) is 83.8 Å². The molecule has 0 rings (SSSR count). The van der Waals surface area contributed by atoms with Gasteiger partial charge in [-0.3, -0.25) is 9.79 Å². The van der Waals surface area contributed by atoms with Gasteiger partial charge in [0, 0.05) is 5.57 Å². The first-order chi connectivity index (χ1) is 6.87. The van der Waals surface area contributed by atoms with Crippen molar-refractivity contribution in [1.82, 2.24) is 0 Å². The lowest BCUT2D eigenvalue weighted by Crippen LogP contribution is -2.03. The monoisotopic (exact) mass is 236 g/mol. The molecule has 0 aromatic rings. The molecular weight excluding hydrogens is 219 g/mol. The molecule has 0 aliphatic rings. The molecule has 0 amide bonds. The highest BCUT2D eigenvalue weighted by atomic mass is 31.2. The van der Waals surface area contributed by atoms with Gasteiger partial charge in [-0.15, -0.1) is 0 Å². The van der Waals surface area contributed by atoms with Gasteiger partial charge in [0.05, 0.1) is 0 Å². The van der Waals surface area contributed by atoms with Gasteiger partial charge in [0.25, 0.3) is 0 Å². The summed E-state index contributed by atoms with van der Waals surface area (Å²) in [6, 6.07) is 0. The van der Waals surface area contributed by atoms with Gasteiger partial charge < -0.3 is 4.52 Å². The molecule has 0 unspecified atom stereocenters. The van der Waals surface area contributed by atoms with Crippen LogP contribution in [-0.4, -0.2) is 15.8 Å². The van der Waals surface area contributed by atoms with E-state index in [0.717, 1.165) is 25.7 Å². The molecule has 88 valence electrons. The average Bonchev–Trinajstić information content (AvgIpc) is 2.09. The maximum atomic E-state index is 11.0. The van der Waals surface area contributed by atoms with Crippen LogP contribution in [0.1, 0.15) is 39.5 Å². The molecule has 15 heavy (non-hydrogen) atoms. The number of unbranched alkanes of at least 4 members (excludes halogenated alkanes) is 3. The summed E-state index contributed by atoms with van der Waals surface area (Å²) in [5, 5.41) is 0. The summed E-state index contributed by atoms with van der Waals surface area (Å²) in [6.45, 7) is 3.54. The Kier molecular flexibility index (Phi) is 6.48. The number of carbonyl (C=O) groups excluding carboxylic acids is 1. The molecule has 0 aromatic heterocycles. The minimum absolute atomic E-state index is 0.231. The summed E-state index contributed by atoms with van der Waals surface area (Å²) in [5.41, 5.74) is 0.231. The number of carbonyl (C=O) groups is 1. The Labute approximate surface area is 89.4 Å². The van der Waals surface area contributed by atoms with Crippen molar-refractivity contribution in [2.24, 2.45) is 0 Å². The molecule has 0 spiro atoms. The molecule has 0 bridgehead atoms. The van der Waals surface area contributed by atoms with Gasteiger partial charge in [0.1, 0.15) is 0 Å². The number of phosphoric ester groups is 1. The smallest absolute Gasteiger partial charge is 0.367 e. The molecule has 0 radical (unpaired) electrons. The molecule has 0 atom stereocenters. The largest absolute Gasteiger partial charge is 0.527 e. The molecule has 5 nitrogen and oxygen atoms in total. The predicted octanol–water partition coefficient (Wildman–Crippen LogP) is 2.15. The van der Waals surface area contributed by atoms with E-state index < -0.39 is 13.8 Å². The van der Waals surface area contributed by atoms with Gasteiger partial charge in [-0.05, 0) is 19.8 Å². The Hall–Kier alpha value is -0.640. The molecule has 6 heteroatoms. The zero-order valence-electron chi connectivity index (χ0n) is 8.97. The SMILES string of the molecule is CCCCCC=C(C)C(=O)OP(=O)(O)O. The Balaban J connectivity index is 4.03. The average molecular weight is 236 g/mol. The van der Waals surface area contributed by atoms with Gasteiger partial charge >= 0.3 is 13.8 Å². The Morgan fingerprint density at radius 1 is 1.40 bits per heavy atom. The summed E-state index contributed by atoms with van der Waals surface area (Å²) < 4.78 is 14.3.